The van der Waals surface area contributed by atoms with E-state index >= 15 is 0 Å². The van der Waals surface area contributed by atoms with Gasteiger partial charge in [-0.1, -0.05) is 11.6 Å². The largest absolute Gasteiger partial charge is 0.478 e. The summed E-state index contributed by atoms with van der Waals surface area (Å²) < 4.78 is 0. The third-order valence-electron chi connectivity index (χ3n) is 3.30. The van der Waals surface area contributed by atoms with Crippen molar-refractivity contribution in [3.8, 4) is 0 Å². The van der Waals surface area contributed by atoms with Gasteiger partial charge in [0, 0.05) is 11.2 Å². The lowest BCUT2D eigenvalue weighted by Crippen LogP contribution is -2.42. The van der Waals surface area contributed by atoms with Gasteiger partial charge in [0.05, 0.1) is 5.56 Å². The lowest BCUT2D eigenvalue weighted by atomic mass is 9.78. The van der Waals surface area contributed by atoms with Gasteiger partial charge in [0.1, 0.15) is 0 Å². The molecular formula is C13H17NO2. The van der Waals surface area contributed by atoms with E-state index in [1.54, 1.807) is 6.07 Å². The summed E-state index contributed by atoms with van der Waals surface area (Å²) in [5.41, 5.74) is 2.16. The molecule has 1 aromatic carbocycles. The molecule has 0 amide bonds. The second kappa shape index (κ2) is 3.81. The molecule has 0 atom stereocenters. The highest BCUT2D eigenvalue weighted by Gasteiger charge is 2.32. The molecule has 3 nitrogen and oxygen atoms in total. The normalized spacial score (nSPS) is 17.6. The highest BCUT2D eigenvalue weighted by molar-refractivity contribution is 5.94. The monoisotopic (exact) mass is 219 g/mol. The molecule has 0 heterocycles. The van der Waals surface area contributed by atoms with Crippen LogP contribution in [-0.4, -0.2) is 16.6 Å². The zero-order valence-electron chi connectivity index (χ0n) is 9.71. The number of nitrogens with one attached hydrogen (secondary N) is 1. The fourth-order valence-electron chi connectivity index (χ4n) is 2.10. The highest BCUT2D eigenvalue weighted by atomic mass is 16.4. The molecule has 1 saturated carbocycles. The summed E-state index contributed by atoms with van der Waals surface area (Å²) in [7, 11) is 0. The van der Waals surface area contributed by atoms with Crippen LogP contribution in [0.4, 0.5) is 5.69 Å². The van der Waals surface area contributed by atoms with Crippen LogP contribution in [0.15, 0.2) is 18.2 Å². The predicted molar refractivity (Wildman–Crippen MR) is 64.0 cm³/mol. The van der Waals surface area contributed by atoms with Crippen molar-refractivity contribution in [2.75, 3.05) is 5.32 Å². The molecule has 2 rings (SSSR count). The smallest absolute Gasteiger partial charge is 0.337 e. The molecule has 0 radical (unpaired) electrons. The number of rotatable bonds is 3. The van der Waals surface area contributed by atoms with E-state index in [4.69, 9.17) is 5.11 Å². The van der Waals surface area contributed by atoms with Gasteiger partial charge in [0.15, 0.2) is 0 Å². The Morgan fingerprint density at radius 3 is 2.62 bits per heavy atom. The predicted octanol–water partition coefficient (Wildman–Crippen LogP) is 3.05. The second-order valence-electron chi connectivity index (χ2n) is 4.89. The van der Waals surface area contributed by atoms with Crippen LogP contribution >= 0.6 is 0 Å². The first-order chi connectivity index (χ1) is 7.50. The summed E-state index contributed by atoms with van der Waals surface area (Å²) in [6.07, 6.45) is 3.44. The van der Waals surface area contributed by atoms with Crippen LogP contribution in [-0.2, 0) is 0 Å². The van der Waals surface area contributed by atoms with Gasteiger partial charge in [0.2, 0.25) is 0 Å². The Morgan fingerprint density at radius 1 is 1.44 bits per heavy atom. The molecule has 0 aliphatic heterocycles. The van der Waals surface area contributed by atoms with E-state index in [0.717, 1.165) is 24.1 Å². The maximum Gasteiger partial charge on any atom is 0.337 e. The summed E-state index contributed by atoms with van der Waals surface area (Å²) >= 11 is 0. The molecular weight excluding hydrogens is 202 g/mol. The fourth-order valence-corrected chi connectivity index (χ4v) is 2.10. The van der Waals surface area contributed by atoms with Crippen LogP contribution < -0.4 is 5.32 Å². The summed E-state index contributed by atoms with van der Waals surface area (Å²) in [6, 6.07) is 5.52. The van der Waals surface area contributed by atoms with Crippen molar-refractivity contribution in [1.29, 1.82) is 0 Å². The van der Waals surface area contributed by atoms with E-state index < -0.39 is 5.97 Å². The van der Waals surface area contributed by atoms with Gasteiger partial charge in [-0.25, -0.2) is 4.79 Å². The molecule has 3 heteroatoms. The van der Waals surface area contributed by atoms with Gasteiger partial charge in [-0.15, -0.1) is 0 Å². The average molecular weight is 219 g/mol. The third kappa shape index (κ3) is 2.03. The molecule has 16 heavy (non-hydrogen) atoms. The molecule has 1 aromatic rings. The standard InChI is InChI=1S/C13H17NO2/c1-9-4-5-11(10(8-9)12(15)16)14-13(2)6-3-7-13/h4-5,8,14H,3,6-7H2,1-2H3,(H,15,16). The van der Waals surface area contributed by atoms with Crippen LogP contribution in [0, 0.1) is 6.92 Å². The Morgan fingerprint density at radius 2 is 2.12 bits per heavy atom. The maximum absolute atomic E-state index is 11.1. The first-order valence-electron chi connectivity index (χ1n) is 5.62. The third-order valence-corrected chi connectivity index (χ3v) is 3.30. The van der Waals surface area contributed by atoms with Crippen LogP contribution in [0.2, 0.25) is 0 Å². The van der Waals surface area contributed by atoms with Crippen molar-refractivity contribution >= 4 is 11.7 Å². The minimum atomic E-state index is -0.867. The number of aryl methyl sites for hydroxylation is 1. The van der Waals surface area contributed by atoms with E-state index in [1.165, 1.54) is 6.42 Å². The number of carbonyl (C=O) groups is 1. The number of aromatic carboxylic acids is 1. The lowest BCUT2D eigenvalue weighted by molar-refractivity contribution is 0.0697. The molecule has 2 N–H and O–H groups in total. The van der Waals surface area contributed by atoms with E-state index in [1.807, 2.05) is 19.1 Å². The van der Waals surface area contributed by atoms with Crippen molar-refractivity contribution < 1.29 is 9.90 Å². The SMILES string of the molecule is Cc1ccc(NC2(C)CCC2)c(C(=O)O)c1. The number of carboxylic acids is 1. The van der Waals surface area contributed by atoms with Gasteiger partial charge >= 0.3 is 5.97 Å². The van der Waals surface area contributed by atoms with Crippen molar-refractivity contribution in [3.05, 3.63) is 29.3 Å². The Kier molecular flexibility index (Phi) is 2.62. The molecule has 0 spiro atoms. The average Bonchev–Trinajstić information content (AvgIpc) is 2.18. The molecule has 86 valence electrons. The zero-order chi connectivity index (χ0) is 11.8. The Hall–Kier alpha value is -1.51. The molecule has 0 bridgehead atoms. The molecule has 0 saturated heterocycles. The van der Waals surface area contributed by atoms with E-state index in [2.05, 4.69) is 12.2 Å². The van der Waals surface area contributed by atoms with Gasteiger partial charge < -0.3 is 10.4 Å². The summed E-state index contributed by atoms with van der Waals surface area (Å²) in [5.74, 6) is -0.867. The van der Waals surface area contributed by atoms with E-state index in [-0.39, 0.29) is 5.54 Å². The van der Waals surface area contributed by atoms with E-state index in [0.29, 0.717) is 5.56 Å². The molecule has 1 aliphatic rings. The molecule has 1 fully saturated rings. The van der Waals surface area contributed by atoms with Gasteiger partial charge in [-0.3, -0.25) is 0 Å². The number of hydrogen-bond donors (Lipinski definition) is 2. The quantitative estimate of drug-likeness (QED) is 0.821. The van der Waals surface area contributed by atoms with Crippen LogP contribution in [0.5, 0.6) is 0 Å². The minimum absolute atomic E-state index is 0.0828. The van der Waals surface area contributed by atoms with Crippen molar-refractivity contribution in [1.82, 2.24) is 0 Å². The first-order valence-corrected chi connectivity index (χ1v) is 5.62. The van der Waals surface area contributed by atoms with Crippen LogP contribution in [0.25, 0.3) is 0 Å². The van der Waals surface area contributed by atoms with Gasteiger partial charge in [-0.05, 0) is 45.2 Å². The van der Waals surface area contributed by atoms with E-state index in [9.17, 15) is 4.79 Å². The van der Waals surface area contributed by atoms with Crippen LogP contribution in [0.3, 0.4) is 0 Å². The van der Waals surface area contributed by atoms with Gasteiger partial charge in [-0.2, -0.15) is 0 Å². The fraction of sp³-hybridized carbons (Fsp3) is 0.462. The zero-order valence-corrected chi connectivity index (χ0v) is 9.71. The number of hydrogen-bond acceptors (Lipinski definition) is 2. The second-order valence-corrected chi connectivity index (χ2v) is 4.89. The topological polar surface area (TPSA) is 49.3 Å². The van der Waals surface area contributed by atoms with Crippen molar-refractivity contribution in [3.63, 3.8) is 0 Å². The van der Waals surface area contributed by atoms with Crippen molar-refractivity contribution in [2.24, 2.45) is 0 Å². The minimum Gasteiger partial charge on any atom is -0.478 e. The van der Waals surface area contributed by atoms with Crippen LogP contribution in [0.1, 0.15) is 42.1 Å². The number of anilines is 1. The lowest BCUT2D eigenvalue weighted by Gasteiger charge is -2.40. The first kappa shape index (κ1) is 11.0. The maximum atomic E-state index is 11.1. The Balaban J connectivity index is 2.29. The Labute approximate surface area is 95.5 Å². The molecule has 0 unspecified atom stereocenters. The van der Waals surface area contributed by atoms with Gasteiger partial charge in [0.25, 0.3) is 0 Å². The highest BCUT2D eigenvalue weighted by Crippen LogP contribution is 2.35. The Bertz CT molecular complexity index is 422. The summed E-state index contributed by atoms with van der Waals surface area (Å²) in [6.45, 7) is 4.04. The summed E-state index contributed by atoms with van der Waals surface area (Å²) in [4.78, 5) is 11.1. The van der Waals surface area contributed by atoms with Crippen molar-refractivity contribution in [2.45, 2.75) is 38.6 Å². The number of carboxylic acid groups (broad SMARTS) is 1. The molecule has 1 aliphatic carbocycles. The summed E-state index contributed by atoms with van der Waals surface area (Å²) in [5, 5.41) is 12.5. The number of benzene rings is 1. The molecule has 0 aromatic heterocycles.